The number of ether oxygens (including phenoxy) is 1. The van der Waals surface area contributed by atoms with Crippen LogP contribution in [0, 0.1) is 0 Å². The van der Waals surface area contributed by atoms with E-state index in [9.17, 15) is 38.4 Å². The summed E-state index contributed by atoms with van der Waals surface area (Å²) in [5.74, 6) is -5.52. The molecule has 3 aromatic rings. The Morgan fingerprint density at radius 3 is 1.66 bits per heavy atom. The third-order valence-corrected chi connectivity index (χ3v) is 8.13. The Hall–Kier alpha value is -6.82. The summed E-state index contributed by atoms with van der Waals surface area (Å²) in [4.78, 5) is 96.3. The Labute approximate surface area is 383 Å². The second-order valence-electron chi connectivity index (χ2n) is 13.8. The van der Waals surface area contributed by atoms with Gasteiger partial charge in [0.05, 0.1) is 23.7 Å². The number of carboxylic acids is 3. The molecule has 4 atom stereocenters. The highest BCUT2D eigenvalue weighted by Crippen LogP contribution is 2.19. The number of nitrogens with one attached hydrogen (secondary N) is 4. The molecule has 4 unspecified atom stereocenters. The predicted octanol–water partition coefficient (Wildman–Crippen LogP) is 4.90. The van der Waals surface area contributed by atoms with E-state index in [2.05, 4.69) is 33.6 Å². The van der Waals surface area contributed by atoms with Crippen LogP contribution >= 0.6 is 0 Å². The SMILES string of the molecule is C=Cc1[nH]cc(CC(C)N)c1/C=C\C.CC.CC.CC(C)=O.[B]C(=O)C(CC(=O)O)NC(=O)C(Cc1ccc(C(=O)O)cc1)NC(=O)C(Cc1ccc(OCC(=O)O)cc1)NC(=O)CC. The van der Waals surface area contributed by atoms with E-state index in [0.717, 1.165) is 12.1 Å². The van der Waals surface area contributed by atoms with Crippen LogP contribution in [0.3, 0.4) is 0 Å². The number of carbonyl (C=O) groups is 8. The highest BCUT2D eigenvalue weighted by Gasteiger charge is 2.30. The quantitative estimate of drug-likeness (QED) is 0.0662. The summed E-state index contributed by atoms with van der Waals surface area (Å²) in [5, 5.41) is 34.3. The summed E-state index contributed by atoms with van der Waals surface area (Å²) in [6, 6.07) is 7.53. The van der Waals surface area contributed by atoms with Crippen LogP contribution in [0.2, 0.25) is 0 Å². The number of aromatic carboxylic acids is 1. The van der Waals surface area contributed by atoms with Gasteiger partial charge in [0.1, 0.15) is 23.6 Å². The first-order valence-corrected chi connectivity index (χ1v) is 21.1. The van der Waals surface area contributed by atoms with Gasteiger partial charge in [0.15, 0.2) is 14.5 Å². The smallest absolute Gasteiger partial charge is 0.341 e. The first kappa shape index (κ1) is 60.3. The molecule has 65 heavy (non-hydrogen) atoms. The zero-order chi connectivity index (χ0) is 50.2. The van der Waals surface area contributed by atoms with Gasteiger partial charge in [-0.2, -0.15) is 0 Å². The van der Waals surface area contributed by atoms with Gasteiger partial charge in [-0.3, -0.25) is 19.2 Å². The first-order valence-electron chi connectivity index (χ1n) is 21.1. The zero-order valence-corrected chi connectivity index (χ0v) is 38.9. The number of aromatic amines is 1. The van der Waals surface area contributed by atoms with Gasteiger partial charge in [0, 0.05) is 42.8 Å². The summed E-state index contributed by atoms with van der Waals surface area (Å²) in [6.45, 7) is 19.9. The van der Waals surface area contributed by atoms with E-state index in [1.54, 1.807) is 19.1 Å². The number of H-pyrrole nitrogens is 1. The molecule has 0 aliphatic carbocycles. The van der Waals surface area contributed by atoms with E-state index in [4.69, 9.17) is 33.6 Å². The normalized spacial score (nSPS) is 11.8. The van der Waals surface area contributed by atoms with Gasteiger partial charge in [-0.05, 0) is 81.1 Å². The number of carbonyl (C=O) groups excluding carboxylic acids is 5. The fourth-order valence-electron chi connectivity index (χ4n) is 5.32. The number of Topliss-reactive ketones (excluding diaryl/α,β-unsaturated/α-hetero) is 1. The highest BCUT2D eigenvalue weighted by atomic mass is 16.5. The average molecular weight is 904 g/mol. The summed E-state index contributed by atoms with van der Waals surface area (Å²) in [7, 11) is 5.24. The number of allylic oxidation sites excluding steroid dienone is 1. The summed E-state index contributed by atoms with van der Waals surface area (Å²) in [5.41, 5.74) is 9.15. The minimum atomic E-state index is -1.59. The standard InChI is InChI=1S/C28H30BN3O11.C12H18N2.C3H6O.2C2H6/c1-2-22(33)30-20(11-16-5-9-18(10-6-16)43-14-24(36)37)26(39)32-21(12-15-3-7-17(8-4-15)28(41)42)27(40)31-19(25(29)38)13-23(34)35;1-4-6-11-10(7-9(3)13)8-14-12(11)5-2;1-3(2)4;2*1-2/h3-10,19-21H,2,11-14H2,1H3,(H,30,33)(H,31,40)(H,32,39)(H,34,35)(H,36,37)(H,41,42);4-6,8-9,14H,2,7,13H2,1,3H3;1-2H3;2*1-2H3/b;6-4-;;;. The molecule has 0 fully saturated rings. The molecule has 2 radical (unpaired) electrons. The minimum absolute atomic E-state index is 0.0224. The van der Waals surface area contributed by atoms with Crippen LogP contribution < -0.4 is 26.4 Å². The molecule has 2 aromatic carbocycles. The van der Waals surface area contributed by atoms with Gasteiger partial charge in [0.2, 0.25) is 17.7 Å². The van der Waals surface area contributed by atoms with Crippen LogP contribution in [0.1, 0.15) is 113 Å². The van der Waals surface area contributed by atoms with Gasteiger partial charge in [-0.1, -0.05) is 77.6 Å². The second-order valence-corrected chi connectivity index (χ2v) is 13.8. The maximum atomic E-state index is 13.4. The third kappa shape index (κ3) is 25.8. The maximum Gasteiger partial charge on any atom is 0.341 e. The molecule has 0 saturated carbocycles. The van der Waals surface area contributed by atoms with Gasteiger partial charge in [-0.15, -0.1) is 0 Å². The van der Waals surface area contributed by atoms with Crippen LogP contribution in [-0.4, -0.2) is 106 Å². The fraction of sp³-hybridized carbons (Fsp3) is 0.404. The Kier molecular flexibility index (Phi) is 31.3. The maximum absolute atomic E-state index is 13.4. The van der Waals surface area contributed by atoms with E-state index in [0.29, 0.717) is 11.1 Å². The lowest BCUT2D eigenvalue weighted by Gasteiger charge is -2.25. The van der Waals surface area contributed by atoms with Crippen molar-refractivity contribution in [2.75, 3.05) is 6.61 Å². The highest BCUT2D eigenvalue weighted by molar-refractivity contribution is 6.59. The molecule has 0 aliphatic heterocycles. The molecular weight excluding hydrogens is 837 g/mol. The second kappa shape index (κ2) is 33.7. The Balaban J connectivity index is 0. The number of carboxylic acid groups (broad SMARTS) is 3. The van der Waals surface area contributed by atoms with Gasteiger partial charge in [0.25, 0.3) is 0 Å². The zero-order valence-electron chi connectivity index (χ0n) is 38.9. The number of amides is 3. The van der Waals surface area contributed by atoms with E-state index in [-0.39, 0.29) is 42.4 Å². The van der Waals surface area contributed by atoms with Crippen molar-refractivity contribution in [2.45, 2.75) is 119 Å². The number of nitrogens with two attached hydrogens (primary N) is 1. The lowest BCUT2D eigenvalue weighted by molar-refractivity contribution is -0.140. The number of aliphatic carboxylic acids is 2. The topological polar surface area (TPSA) is 284 Å². The third-order valence-electron chi connectivity index (χ3n) is 8.13. The predicted molar refractivity (Wildman–Crippen MR) is 251 cm³/mol. The van der Waals surface area contributed by atoms with Crippen molar-refractivity contribution in [3.8, 4) is 5.75 Å². The lowest BCUT2D eigenvalue weighted by atomic mass is 9.92. The van der Waals surface area contributed by atoms with E-state index in [1.165, 1.54) is 61.4 Å². The van der Waals surface area contributed by atoms with Crippen molar-refractivity contribution < 1.29 is 58.4 Å². The van der Waals surface area contributed by atoms with E-state index < -0.39 is 72.5 Å². The molecule has 3 amide bonds. The van der Waals surface area contributed by atoms with Crippen LogP contribution in [-0.2, 0) is 52.8 Å². The number of rotatable bonds is 21. The Morgan fingerprint density at radius 2 is 1.26 bits per heavy atom. The summed E-state index contributed by atoms with van der Waals surface area (Å²) >= 11 is 0. The molecular formula is C47H66BN5O12. The summed E-state index contributed by atoms with van der Waals surface area (Å²) < 4.78 is 5.09. The van der Waals surface area contributed by atoms with Crippen molar-refractivity contribution in [1.82, 2.24) is 20.9 Å². The van der Waals surface area contributed by atoms with Gasteiger partial charge < -0.3 is 56.3 Å². The number of benzene rings is 2. The largest absolute Gasteiger partial charge is 0.482 e. The molecule has 9 N–H and O–H groups in total. The molecule has 18 heteroatoms. The van der Waals surface area contributed by atoms with Crippen molar-refractivity contribution in [3.63, 3.8) is 0 Å². The van der Waals surface area contributed by atoms with Gasteiger partial charge >= 0.3 is 17.9 Å². The molecule has 0 bridgehead atoms. The molecule has 0 spiro atoms. The number of aromatic nitrogens is 1. The number of hydrogen-bond donors (Lipinski definition) is 8. The van der Waals surface area contributed by atoms with E-state index >= 15 is 0 Å². The van der Waals surface area contributed by atoms with Crippen LogP contribution in [0.15, 0.2) is 67.4 Å². The summed E-state index contributed by atoms with van der Waals surface area (Å²) in [6.07, 6.45) is 7.85. The van der Waals surface area contributed by atoms with Crippen molar-refractivity contribution >= 4 is 67.1 Å². The average Bonchev–Trinajstić information content (AvgIpc) is 3.63. The van der Waals surface area contributed by atoms with Crippen LogP contribution in [0.5, 0.6) is 5.75 Å². The molecule has 354 valence electrons. The Bertz CT molecular complexity index is 2010. The van der Waals surface area contributed by atoms with Crippen molar-refractivity contribution in [1.29, 1.82) is 0 Å². The molecule has 1 heterocycles. The Morgan fingerprint density at radius 1 is 0.785 bits per heavy atom. The van der Waals surface area contributed by atoms with Crippen molar-refractivity contribution in [2.24, 2.45) is 5.73 Å². The molecule has 3 rings (SSSR count). The number of ketones is 1. The molecule has 1 aromatic heterocycles. The minimum Gasteiger partial charge on any atom is -0.482 e. The monoisotopic (exact) mass is 903 g/mol. The van der Waals surface area contributed by atoms with Crippen LogP contribution in [0.25, 0.3) is 12.2 Å². The van der Waals surface area contributed by atoms with Gasteiger partial charge in [-0.25, -0.2) is 9.59 Å². The molecule has 0 saturated heterocycles. The van der Waals surface area contributed by atoms with E-state index in [1.807, 2.05) is 59.9 Å². The number of hydrogen-bond acceptors (Lipinski definition) is 10. The van der Waals surface area contributed by atoms with Crippen molar-refractivity contribution in [3.05, 3.63) is 101 Å². The lowest BCUT2D eigenvalue weighted by Crippen LogP contribution is -2.57. The van der Waals surface area contributed by atoms with Crippen LogP contribution in [0.4, 0.5) is 0 Å². The first-order chi connectivity index (χ1) is 30.7. The fourth-order valence-corrected chi connectivity index (χ4v) is 5.32. The molecule has 0 aliphatic rings. The molecule has 17 nitrogen and oxygen atoms in total.